The van der Waals surface area contributed by atoms with Crippen LogP contribution in [0, 0.1) is 5.82 Å². The SMILES string of the molecule is O=C(CNc1cccc(F)c1)N1CCN(C/C=C/c2ccccc2)CC1. The van der Waals surface area contributed by atoms with Crippen molar-refractivity contribution in [3.05, 3.63) is 72.1 Å². The summed E-state index contributed by atoms with van der Waals surface area (Å²) < 4.78 is 13.2. The van der Waals surface area contributed by atoms with Gasteiger partial charge in [-0.1, -0.05) is 48.6 Å². The van der Waals surface area contributed by atoms with Gasteiger partial charge in [0.25, 0.3) is 0 Å². The van der Waals surface area contributed by atoms with E-state index in [0.717, 1.165) is 32.7 Å². The topological polar surface area (TPSA) is 35.6 Å². The second kappa shape index (κ2) is 9.15. The number of carbonyl (C=O) groups excluding carboxylic acids is 1. The van der Waals surface area contributed by atoms with Gasteiger partial charge in [-0.2, -0.15) is 0 Å². The van der Waals surface area contributed by atoms with Gasteiger partial charge >= 0.3 is 0 Å². The van der Waals surface area contributed by atoms with E-state index in [0.29, 0.717) is 5.69 Å². The van der Waals surface area contributed by atoms with Gasteiger partial charge in [-0.15, -0.1) is 0 Å². The second-order valence-corrected chi connectivity index (χ2v) is 6.36. The molecule has 26 heavy (non-hydrogen) atoms. The fourth-order valence-corrected chi connectivity index (χ4v) is 2.97. The van der Waals surface area contributed by atoms with Crippen LogP contribution in [0.15, 0.2) is 60.7 Å². The van der Waals surface area contributed by atoms with Crippen LogP contribution in [0.3, 0.4) is 0 Å². The molecule has 5 heteroatoms. The minimum Gasteiger partial charge on any atom is -0.376 e. The minimum atomic E-state index is -0.306. The van der Waals surface area contributed by atoms with Crippen LogP contribution < -0.4 is 5.32 Å². The highest BCUT2D eigenvalue weighted by Gasteiger charge is 2.20. The molecule has 1 N–H and O–H groups in total. The van der Waals surface area contributed by atoms with Crippen LogP contribution in [0.1, 0.15) is 5.56 Å². The molecule has 136 valence electrons. The number of nitrogens with zero attached hydrogens (tertiary/aromatic N) is 2. The van der Waals surface area contributed by atoms with E-state index in [2.05, 4.69) is 34.5 Å². The van der Waals surface area contributed by atoms with Crippen LogP contribution in [-0.2, 0) is 4.79 Å². The van der Waals surface area contributed by atoms with Gasteiger partial charge in [0.2, 0.25) is 5.91 Å². The number of hydrogen-bond donors (Lipinski definition) is 1. The third-order valence-corrected chi connectivity index (χ3v) is 4.47. The summed E-state index contributed by atoms with van der Waals surface area (Å²) in [7, 11) is 0. The lowest BCUT2D eigenvalue weighted by atomic mass is 10.2. The van der Waals surface area contributed by atoms with Crippen LogP contribution in [0.5, 0.6) is 0 Å². The number of hydrogen-bond acceptors (Lipinski definition) is 3. The van der Waals surface area contributed by atoms with Crippen LogP contribution in [0.4, 0.5) is 10.1 Å². The highest BCUT2D eigenvalue weighted by molar-refractivity contribution is 5.81. The molecule has 3 rings (SSSR count). The summed E-state index contributed by atoms with van der Waals surface area (Å²) in [5.74, 6) is -0.256. The first-order chi connectivity index (χ1) is 12.7. The lowest BCUT2D eigenvalue weighted by molar-refractivity contribution is -0.130. The molecular weight excluding hydrogens is 329 g/mol. The summed E-state index contributed by atoms with van der Waals surface area (Å²) >= 11 is 0. The Morgan fingerprint density at radius 1 is 1.04 bits per heavy atom. The predicted octanol–water partition coefficient (Wildman–Crippen LogP) is 3.10. The monoisotopic (exact) mass is 353 g/mol. The lowest BCUT2D eigenvalue weighted by Crippen LogP contribution is -2.50. The van der Waals surface area contributed by atoms with E-state index >= 15 is 0 Å². The Balaban J connectivity index is 1.39. The quantitative estimate of drug-likeness (QED) is 0.867. The molecule has 1 aliphatic rings. The summed E-state index contributed by atoms with van der Waals surface area (Å²) in [6, 6.07) is 16.4. The highest BCUT2D eigenvalue weighted by Crippen LogP contribution is 2.09. The lowest BCUT2D eigenvalue weighted by Gasteiger charge is -2.34. The summed E-state index contributed by atoms with van der Waals surface area (Å²) in [4.78, 5) is 16.5. The highest BCUT2D eigenvalue weighted by atomic mass is 19.1. The summed E-state index contributed by atoms with van der Waals surface area (Å²) in [5, 5.41) is 2.99. The van der Waals surface area contributed by atoms with Crippen LogP contribution in [0.25, 0.3) is 6.08 Å². The summed E-state index contributed by atoms with van der Waals surface area (Å²) in [6.07, 6.45) is 4.29. The Morgan fingerprint density at radius 3 is 2.54 bits per heavy atom. The van der Waals surface area contributed by atoms with E-state index in [-0.39, 0.29) is 18.3 Å². The van der Waals surface area contributed by atoms with Crippen molar-refractivity contribution in [3.63, 3.8) is 0 Å². The number of carbonyl (C=O) groups is 1. The van der Waals surface area contributed by atoms with E-state index in [9.17, 15) is 9.18 Å². The molecule has 1 aliphatic heterocycles. The number of amides is 1. The van der Waals surface area contributed by atoms with Gasteiger partial charge in [0.1, 0.15) is 5.82 Å². The van der Waals surface area contributed by atoms with Gasteiger partial charge in [0.05, 0.1) is 6.54 Å². The van der Waals surface area contributed by atoms with Gasteiger partial charge < -0.3 is 10.2 Å². The fourth-order valence-electron chi connectivity index (χ4n) is 2.97. The zero-order valence-electron chi connectivity index (χ0n) is 14.8. The largest absolute Gasteiger partial charge is 0.376 e. The number of piperazine rings is 1. The molecular formula is C21H24FN3O. The van der Waals surface area contributed by atoms with Crippen molar-refractivity contribution in [3.8, 4) is 0 Å². The first kappa shape index (κ1) is 18.1. The van der Waals surface area contributed by atoms with Gasteiger partial charge in [-0.05, 0) is 23.8 Å². The Morgan fingerprint density at radius 2 is 1.81 bits per heavy atom. The van der Waals surface area contributed by atoms with Crippen molar-refractivity contribution in [2.75, 3.05) is 44.6 Å². The van der Waals surface area contributed by atoms with E-state index < -0.39 is 0 Å². The smallest absolute Gasteiger partial charge is 0.241 e. The third kappa shape index (κ3) is 5.43. The normalized spacial score (nSPS) is 15.3. The molecule has 1 amide bonds. The zero-order chi connectivity index (χ0) is 18.2. The molecule has 1 heterocycles. The molecule has 0 aliphatic carbocycles. The minimum absolute atomic E-state index is 0.0498. The molecule has 0 aromatic heterocycles. The zero-order valence-corrected chi connectivity index (χ0v) is 14.8. The molecule has 2 aromatic carbocycles. The Hall–Kier alpha value is -2.66. The molecule has 0 atom stereocenters. The maximum atomic E-state index is 13.2. The summed E-state index contributed by atoms with van der Waals surface area (Å²) in [6.45, 7) is 4.26. The van der Waals surface area contributed by atoms with E-state index in [4.69, 9.17) is 0 Å². The number of anilines is 1. The number of benzene rings is 2. The van der Waals surface area contributed by atoms with Crippen LogP contribution in [0.2, 0.25) is 0 Å². The molecule has 0 unspecified atom stereocenters. The fraction of sp³-hybridized carbons (Fsp3) is 0.286. The average Bonchev–Trinajstić information content (AvgIpc) is 2.68. The molecule has 2 aromatic rings. The standard InChI is InChI=1S/C21H24FN3O/c22-19-9-4-10-20(16-19)23-17-21(26)25-14-12-24(13-15-25)11-5-8-18-6-2-1-3-7-18/h1-10,16,23H,11-15,17H2/b8-5+. The molecule has 0 saturated carbocycles. The molecule has 0 bridgehead atoms. The number of rotatable bonds is 6. The molecule has 1 saturated heterocycles. The van der Waals surface area contributed by atoms with Crippen molar-refractivity contribution in [1.29, 1.82) is 0 Å². The second-order valence-electron chi connectivity index (χ2n) is 6.36. The van der Waals surface area contributed by atoms with E-state index in [1.807, 2.05) is 23.1 Å². The number of halogens is 1. The molecule has 1 fully saturated rings. The van der Waals surface area contributed by atoms with Crippen molar-refractivity contribution in [2.24, 2.45) is 0 Å². The first-order valence-electron chi connectivity index (χ1n) is 8.92. The van der Waals surface area contributed by atoms with Gasteiger partial charge in [-0.3, -0.25) is 9.69 Å². The average molecular weight is 353 g/mol. The van der Waals surface area contributed by atoms with Gasteiger partial charge in [0, 0.05) is 38.4 Å². The first-order valence-corrected chi connectivity index (χ1v) is 8.92. The number of nitrogens with one attached hydrogen (secondary N) is 1. The van der Waals surface area contributed by atoms with Gasteiger partial charge in [0.15, 0.2) is 0 Å². The Kier molecular flexibility index (Phi) is 6.39. The van der Waals surface area contributed by atoms with Crippen molar-refractivity contribution in [1.82, 2.24) is 9.80 Å². The van der Waals surface area contributed by atoms with E-state index in [1.54, 1.807) is 12.1 Å². The van der Waals surface area contributed by atoms with E-state index in [1.165, 1.54) is 17.7 Å². The Bertz CT molecular complexity index is 740. The maximum absolute atomic E-state index is 13.2. The van der Waals surface area contributed by atoms with Crippen molar-refractivity contribution >= 4 is 17.7 Å². The maximum Gasteiger partial charge on any atom is 0.241 e. The van der Waals surface area contributed by atoms with Crippen LogP contribution in [-0.4, -0.2) is 55.0 Å². The third-order valence-electron chi connectivity index (χ3n) is 4.47. The molecule has 4 nitrogen and oxygen atoms in total. The van der Waals surface area contributed by atoms with Crippen molar-refractivity contribution in [2.45, 2.75) is 0 Å². The Labute approximate surface area is 153 Å². The van der Waals surface area contributed by atoms with Crippen LogP contribution >= 0.6 is 0 Å². The molecule has 0 spiro atoms. The molecule has 0 radical (unpaired) electrons. The predicted molar refractivity (Wildman–Crippen MR) is 103 cm³/mol. The van der Waals surface area contributed by atoms with Crippen molar-refractivity contribution < 1.29 is 9.18 Å². The summed E-state index contributed by atoms with van der Waals surface area (Å²) in [5.41, 5.74) is 1.83. The van der Waals surface area contributed by atoms with Gasteiger partial charge in [-0.25, -0.2) is 4.39 Å².